The van der Waals surface area contributed by atoms with Crippen LogP contribution in [0.15, 0.2) is 24.3 Å². The van der Waals surface area contributed by atoms with Gasteiger partial charge in [-0.2, -0.15) is 0 Å². The highest BCUT2D eigenvalue weighted by Gasteiger charge is 2.33. The number of hydrogen-bond acceptors (Lipinski definition) is 1. The molecule has 0 aromatic heterocycles. The van der Waals surface area contributed by atoms with Crippen molar-refractivity contribution in [2.24, 2.45) is 5.41 Å². The average Bonchev–Trinajstić information content (AvgIpc) is 2.88. The van der Waals surface area contributed by atoms with Gasteiger partial charge in [-0.3, -0.25) is 0 Å². The van der Waals surface area contributed by atoms with Gasteiger partial charge < -0.3 is 5.32 Å². The lowest BCUT2D eigenvalue weighted by Gasteiger charge is -2.30. The van der Waals surface area contributed by atoms with Crippen LogP contribution in [0.1, 0.15) is 69.9 Å². The first-order valence-electron chi connectivity index (χ1n) is 8.45. The molecule has 1 saturated carbocycles. The Hall–Kier alpha value is -0.820. The first-order chi connectivity index (χ1) is 9.65. The van der Waals surface area contributed by atoms with Gasteiger partial charge in [-0.1, -0.05) is 57.9 Å². The van der Waals surface area contributed by atoms with Crippen molar-refractivity contribution in [3.8, 4) is 0 Å². The van der Waals surface area contributed by atoms with Gasteiger partial charge in [0.25, 0.3) is 0 Å². The summed E-state index contributed by atoms with van der Waals surface area (Å²) in [6.07, 6.45) is 8.11. The summed E-state index contributed by atoms with van der Waals surface area (Å²) >= 11 is 0. The fourth-order valence-electron chi connectivity index (χ4n) is 3.52. The quantitative estimate of drug-likeness (QED) is 0.696. The van der Waals surface area contributed by atoms with E-state index in [2.05, 4.69) is 50.4 Å². The Morgan fingerprint density at radius 1 is 1.10 bits per heavy atom. The Labute approximate surface area is 125 Å². The molecule has 1 aromatic rings. The molecule has 0 unspecified atom stereocenters. The fourth-order valence-corrected chi connectivity index (χ4v) is 3.52. The van der Waals surface area contributed by atoms with E-state index in [0.29, 0.717) is 11.3 Å². The van der Waals surface area contributed by atoms with Gasteiger partial charge in [-0.05, 0) is 54.7 Å². The molecule has 0 bridgehead atoms. The maximum Gasteiger partial charge on any atom is 0.00110 e. The third-order valence-electron chi connectivity index (χ3n) is 4.82. The average molecular weight is 273 g/mol. The molecule has 1 nitrogen and oxygen atoms in total. The van der Waals surface area contributed by atoms with E-state index in [-0.39, 0.29) is 0 Å². The van der Waals surface area contributed by atoms with E-state index in [9.17, 15) is 0 Å². The molecule has 20 heavy (non-hydrogen) atoms. The number of nitrogens with one attached hydrogen (secondary N) is 1. The smallest absolute Gasteiger partial charge is 0.00110 e. The molecule has 1 aliphatic rings. The summed E-state index contributed by atoms with van der Waals surface area (Å²) in [7, 11) is 0. The highest BCUT2D eigenvalue weighted by Crippen LogP contribution is 2.40. The molecule has 0 spiro atoms. The summed E-state index contributed by atoms with van der Waals surface area (Å²) in [5, 5.41) is 3.67. The van der Waals surface area contributed by atoms with Gasteiger partial charge in [0, 0.05) is 6.54 Å². The van der Waals surface area contributed by atoms with Crippen molar-refractivity contribution in [3.63, 3.8) is 0 Å². The van der Waals surface area contributed by atoms with Crippen molar-refractivity contribution < 1.29 is 0 Å². The number of rotatable bonds is 7. The maximum atomic E-state index is 3.67. The summed E-state index contributed by atoms with van der Waals surface area (Å²) in [5.41, 5.74) is 3.50. The third-order valence-corrected chi connectivity index (χ3v) is 4.82. The maximum absolute atomic E-state index is 3.67. The molecule has 0 atom stereocenters. The van der Waals surface area contributed by atoms with Crippen molar-refractivity contribution in [1.82, 2.24) is 5.32 Å². The van der Waals surface area contributed by atoms with Crippen molar-refractivity contribution in [1.29, 1.82) is 0 Å². The van der Waals surface area contributed by atoms with Crippen LogP contribution >= 0.6 is 0 Å². The van der Waals surface area contributed by atoms with Crippen LogP contribution in [0, 0.1) is 5.41 Å². The monoisotopic (exact) mass is 273 g/mol. The van der Waals surface area contributed by atoms with Crippen LogP contribution in [-0.4, -0.2) is 13.1 Å². The topological polar surface area (TPSA) is 12.0 Å². The largest absolute Gasteiger partial charge is 0.316 e. The molecular weight excluding hydrogens is 242 g/mol. The zero-order valence-corrected chi connectivity index (χ0v) is 13.5. The van der Waals surface area contributed by atoms with Gasteiger partial charge in [-0.25, -0.2) is 0 Å². The second-order valence-electron chi connectivity index (χ2n) is 6.96. The van der Waals surface area contributed by atoms with Crippen LogP contribution in [0.4, 0.5) is 0 Å². The highest BCUT2D eigenvalue weighted by atomic mass is 14.9. The van der Waals surface area contributed by atoms with Crippen molar-refractivity contribution in [2.75, 3.05) is 13.1 Å². The fraction of sp³-hybridized carbons (Fsp3) is 0.684. The Balaban J connectivity index is 2.00. The van der Waals surface area contributed by atoms with Crippen molar-refractivity contribution in [3.05, 3.63) is 35.4 Å². The summed E-state index contributed by atoms with van der Waals surface area (Å²) in [5.74, 6) is 0.635. The third kappa shape index (κ3) is 4.09. The predicted octanol–water partition coefficient (Wildman–Crippen LogP) is 4.91. The van der Waals surface area contributed by atoms with E-state index >= 15 is 0 Å². The first kappa shape index (κ1) is 15.6. The van der Waals surface area contributed by atoms with E-state index < -0.39 is 0 Å². The predicted molar refractivity (Wildman–Crippen MR) is 88.3 cm³/mol. The molecule has 2 rings (SSSR count). The Morgan fingerprint density at radius 2 is 1.75 bits per heavy atom. The van der Waals surface area contributed by atoms with Gasteiger partial charge in [0.15, 0.2) is 0 Å². The molecular formula is C19H31N. The zero-order valence-electron chi connectivity index (χ0n) is 13.5. The Morgan fingerprint density at radius 3 is 2.30 bits per heavy atom. The molecule has 1 aromatic carbocycles. The van der Waals surface area contributed by atoms with E-state index in [1.54, 1.807) is 0 Å². The van der Waals surface area contributed by atoms with Gasteiger partial charge in [0.2, 0.25) is 0 Å². The van der Waals surface area contributed by atoms with Crippen LogP contribution in [0.5, 0.6) is 0 Å². The molecule has 1 aliphatic carbocycles. The van der Waals surface area contributed by atoms with E-state index in [0.717, 1.165) is 6.54 Å². The molecule has 0 amide bonds. The van der Waals surface area contributed by atoms with Crippen LogP contribution in [0.2, 0.25) is 0 Å². The zero-order chi connectivity index (χ0) is 14.4. The van der Waals surface area contributed by atoms with Crippen LogP contribution in [0.3, 0.4) is 0 Å². The Kier molecular flexibility index (Phi) is 5.65. The number of benzene rings is 1. The van der Waals surface area contributed by atoms with Crippen LogP contribution in [-0.2, 0) is 6.42 Å². The minimum atomic E-state index is 0.522. The minimum absolute atomic E-state index is 0.522. The van der Waals surface area contributed by atoms with Gasteiger partial charge >= 0.3 is 0 Å². The first-order valence-corrected chi connectivity index (χ1v) is 8.45. The molecule has 1 heteroatoms. The molecule has 1 N–H and O–H groups in total. The molecule has 112 valence electrons. The lowest BCUT2D eigenvalue weighted by atomic mass is 9.79. The summed E-state index contributed by atoms with van der Waals surface area (Å²) < 4.78 is 0. The van der Waals surface area contributed by atoms with Gasteiger partial charge in [0.1, 0.15) is 0 Å². The second-order valence-corrected chi connectivity index (χ2v) is 6.96. The Bertz CT molecular complexity index is 385. The van der Waals surface area contributed by atoms with Crippen molar-refractivity contribution >= 4 is 0 Å². The SMILES string of the molecule is CCCNCC1(Cc2ccc(C(C)C)cc2)CCCC1. The molecule has 0 aliphatic heterocycles. The number of hydrogen-bond donors (Lipinski definition) is 1. The van der Waals surface area contributed by atoms with Gasteiger partial charge in [-0.15, -0.1) is 0 Å². The molecule has 1 fully saturated rings. The lowest BCUT2D eigenvalue weighted by Crippen LogP contribution is -2.34. The van der Waals surface area contributed by atoms with E-state index in [4.69, 9.17) is 0 Å². The molecule has 0 saturated heterocycles. The lowest BCUT2D eigenvalue weighted by molar-refractivity contribution is 0.278. The summed E-state index contributed by atoms with van der Waals surface area (Å²) in [4.78, 5) is 0. The van der Waals surface area contributed by atoms with Gasteiger partial charge in [0.05, 0.1) is 0 Å². The molecule has 0 heterocycles. The van der Waals surface area contributed by atoms with Crippen LogP contribution in [0.25, 0.3) is 0 Å². The van der Waals surface area contributed by atoms with E-state index in [1.807, 2.05) is 0 Å². The van der Waals surface area contributed by atoms with E-state index in [1.165, 1.54) is 56.2 Å². The summed E-state index contributed by atoms with van der Waals surface area (Å²) in [6.45, 7) is 9.14. The standard InChI is InChI=1S/C19H31N/c1-4-13-20-15-19(11-5-6-12-19)14-17-7-9-18(10-8-17)16(2)3/h7-10,16,20H,4-6,11-15H2,1-3H3. The second kappa shape index (κ2) is 7.26. The normalized spacial score (nSPS) is 17.8. The van der Waals surface area contributed by atoms with Crippen LogP contribution < -0.4 is 5.32 Å². The minimum Gasteiger partial charge on any atom is -0.316 e. The summed E-state index contributed by atoms with van der Waals surface area (Å²) in [6, 6.07) is 9.36. The highest BCUT2D eigenvalue weighted by molar-refractivity contribution is 5.25. The molecule has 0 radical (unpaired) electrons. The van der Waals surface area contributed by atoms with Crippen molar-refractivity contribution in [2.45, 2.75) is 65.2 Å².